The Morgan fingerprint density at radius 3 is 2.40 bits per heavy atom. The summed E-state index contributed by atoms with van der Waals surface area (Å²) in [6, 6.07) is 0.293. The summed E-state index contributed by atoms with van der Waals surface area (Å²) in [5, 5.41) is 6.24. The molecule has 1 fully saturated rings. The van der Waals surface area contributed by atoms with Gasteiger partial charge in [0.05, 0.1) is 0 Å². The molecular weight excluding hydrogens is 188 g/mol. The Morgan fingerprint density at radius 1 is 1.47 bits per heavy atom. The SMILES string of the molecule is CCC(NC(=O)C(C)=C1CNC1)C(C)C. The molecule has 15 heavy (non-hydrogen) atoms. The molecule has 1 amide bonds. The third kappa shape index (κ3) is 3.06. The average Bonchev–Trinajstić information content (AvgIpc) is 2.10. The summed E-state index contributed by atoms with van der Waals surface area (Å²) in [7, 11) is 0. The number of carbonyl (C=O) groups excluding carboxylic acids is 1. The molecule has 0 aromatic carbocycles. The van der Waals surface area contributed by atoms with E-state index in [1.807, 2.05) is 6.92 Å². The minimum absolute atomic E-state index is 0.104. The van der Waals surface area contributed by atoms with E-state index in [4.69, 9.17) is 0 Å². The highest BCUT2D eigenvalue weighted by Gasteiger charge is 2.19. The summed E-state index contributed by atoms with van der Waals surface area (Å²) < 4.78 is 0. The van der Waals surface area contributed by atoms with Crippen LogP contribution < -0.4 is 10.6 Å². The second-order valence-corrected chi connectivity index (χ2v) is 4.56. The summed E-state index contributed by atoms with van der Waals surface area (Å²) in [5.41, 5.74) is 2.14. The fourth-order valence-electron chi connectivity index (χ4n) is 1.69. The van der Waals surface area contributed by atoms with E-state index in [1.54, 1.807) is 0 Å². The van der Waals surface area contributed by atoms with Crippen LogP contribution in [0, 0.1) is 5.92 Å². The van der Waals surface area contributed by atoms with Gasteiger partial charge in [0.15, 0.2) is 0 Å². The molecule has 0 saturated carbocycles. The number of nitrogens with one attached hydrogen (secondary N) is 2. The Morgan fingerprint density at radius 2 is 2.07 bits per heavy atom. The summed E-state index contributed by atoms with van der Waals surface area (Å²) in [4.78, 5) is 11.9. The molecule has 1 atom stereocenters. The second-order valence-electron chi connectivity index (χ2n) is 4.56. The van der Waals surface area contributed by atoms with Crippen LogP contribution in [0.4, 0.5) is 0 Å². The quantitative estimate of drug-likeness (QED) is 0.690. The van der Waals surface area contributed by atoms with E-state index >= 15 is 0 Å². The first-order valence-corrected chi connectivity index (χ1v) is 5.76. The van der Waals surface area contributed by atoms with Gasteiger partial charge in [-0.2, -0.15) is 0 Å². The lowest BCUT2D eigenvalue weighted by Gasteiger charge is -2.25. The van der Waals surface area contributed by atoms with E-state index in [0.717, 1.165) is 25.1 Å². The summed E-state index contributed by atoms with van der Waals surface area (Å²) in [5.74, 6) is 0.600. The smallest absolute Gasteiger partial charge is 0.247 e. The molecule has 0 radical (unpaired) electrons. The van der Waals surface area contributed by atoms with Crippen molar-refractivity contribution in [2.24, 2.45) is 5.92 Å². The number of rotatable bonds is 4. The van der Waals surface area contributed by atoms with Crippen LogP contribution in [0.2, 0.25) is 0 Å². The van der Waals surface area contributed by atoms with Crippen molar-refractivity contribution in [1.82, 2.24) is 10.6 Å². The maximum absolute atomic E-state index is 11.9. The Hall–Kier alpha value is -0.830. The van der Waals surface area contributed by atoms with Gasteiger partial charge in [-0.25, -0.2) is 0 Å². The minimum Gasteiger partial charge on any atom is -0.349 e. The molecule has 2 N–H and O–H groups in total. The third-order valence-corrected chi connectivity index (χ3v) is 3.11. The van der Waals surface area contributed by atoms with Gasteiger partial charge in [0.25, 0.3) is 0 Å². The second kappa shape index (κ2) is 5.31. The zero-order valence-corrected chi connectivity index (χ0v) is 10.2. The van der Waals surface area contributed by atoms with E-state index in [9.17, 15) is 4.79 Å². The molecule has 0 spiro atoms. The molecule has 1 aliphatic heterocycles. The molecule has 3 nitrogen and oxygen atoms in total. The average molecular weight is 210 g/mol. The normalized spacial score (nSPS) is 17.3. The topological polar surface area (TPSA) is 41.1 Å². The van der Waals surface area contributed by atoms with Crippen molar-refractivity contribution in [1.29, 1.82) is 0 Å². The molecule has 0 bridgehead atoms. The van der Waals surface area contributed by atoms with Gasteiger partial charge in [0, 0.05) is 24.7 Å². The van der Waals surface area contributed by atoms with Crippen LogP contribution in [0.3, 0.4) is 0 Å². The molecule has 1 rings (SSSR count). The van der Waals surface area contributed by atoms with Gasteiger partial charge in [-0.3, -0.25) is 4.79 Å². The number of hydrogen-bond acceptors (Lipinski definition) is 2. The van der Waals surface area contributed by atoms with Gasteiger partial charge in [-0.05, 0) is 24.8 Å². The van der Waals surface area contributed by atoms with Gasteiger partial charge in [0.2, 0.25) is 5.91 Å². The fourth-order valence-corrected chi connectivity index (χ4v) is 1.69. The highest BCUT2D eigenvalue weighted by Crippen LogP contribution is 2.11. The van der Waals surface area contributed by atoms with E-state index in [1.165, 1.54) is 5.57 Å². The summed E-state index contributed by atoms with van der Waals surface area (Å²) in [6.07, 6.45) is 0.990. The lowest BCUT2D eigenvalue weighted by atomic mass is 9.99. The number of amides is 1. The molecule has 0 aromatic rings. The fraction of sp³-hybridized carbons (Fsp3) is 0.750. The lowest BCUT2D eigenvalue weighted by Crippen LogP contribution is -2.41. The molecule has 1 saturated heterocycles. The first-order chi connectivity index (χ1) is 7.06. The van der Waals surface area contributed by atoms with Gasteiger partial charge in [0.1, 0.15) is 0 Å². The zero-order valence-electron chi connectivity index (χ0n) is 10.2. The maximum Gasteiger partial charge on any atom is 0.247 e. The summed E-state index contributed by atoms with van der Waals surface area (Å²) in [6.45, 7) is 10.1. The van der Waals surface area contributed by atoms with Gasteiger partial charge >= 0.3 is 0 Å². The number of hydrogen-bond donors (Lipinski definition) is 2. The molecule has 0 aliphatic carbocycles. The van der Waals surface area contributed by atoms with E-state index in [2.05, 4.69) is 31.4 Å². The Kier molecular flexibility index (Phi) is 4.33. The van der Waals surface area contributed by atoms with Crippen molar-refractivity contribution in [2.75, 3.05) is 13.1 Å². The first-order valence-electron chi connectivity index (χ1n) is 5.76. The monoisotopic (exact) mass is 210 g/mol. The van der Waals surface area contributed by atoms with Crippen LogP contribution in [-0.4, -0.2) is 25.0 Å². The van der Waals surface area contributed by atoms with Crippen LogP contribution in [-0.2, 0) is 4.79 Å². The zero-order chi connectivity index (χ0) is 11.4. The van der Waals surface area contributed by atoms with E-state index in [-0.39, 0.29) is 5.91 Å². The minimum atomic E-state index is 0.104. The van der Waals surface area contributed by atoms with Gasteiger partial charge < -0.3 is 10.6 Å². The standard InChI is InChI=1S/C12H22N2O/c1-5-11(8(2)3)14-12(15)9(4)10-6-13-7-10/h8,11,13H,5-7H2,1-4H3,(H,14,15). The van der Waals surface area contributed by atoms with Crippen molar-refractivity contribution in [3.63, 3.8) is 0 Å². The van der Waals surface area contributed by atoms with Crippen LogP contribution in [0.1, 0.15) is 34.1 Å². The predicted molar refractivity (Wildman–Crippen MR) is 62.6 cm³/mol. The Labute approximate surface area is 92.3 Å². The Bertz CT molecular complexity index is 263. The largest absolute Gasteiger partial charge is 0.349 e. The number of carbonyl (C=O) groups is 1. The third-order valence-electron chi connectivity index (χ3n) is 3.11. The van der Waals surface area contributed by atoms with Crippen molar-refractivity contribution in [2.45, 2.75) is 40.2 Å². The molecule has 1 unspecified atom stereocenters. The molecular formula is C12H22N2O. The lowest BCUT2D eigenvalue weighted by molar-refractivity contribution is -0.118. The molecule has 86 valence electrons. The van der Waals surface area contributed by atoms with Crippen LogP contribution in [0.5, 0.6) is 0 Å². The van der Waals surface area contributed by atoms with Crippen molar-refractivity contribution in [3.8, 4) is 0 Å². The van der Waals surface area contributed by atoms with Gasteiger partial charge in [-0.1, -0.05) is 20.8 Å². The van der Waals surface area contributed by atoms with Crippen molar-refractivity contribution < 1.29 is 4.79 Å². The summed E-state index contributed by atoms with van der Waals surface area (Å²) >= 11 is 0. The van der Waals surface area contributed by atoms with Crippen LogP contribution in [0.25, 0.3) is 0 Å². The Balaban J connectivity index is 2.54. The van der Waals surface area contributed by atoms with Gasteiger partial charge in [-0.15, -0.1) is 0 Å². The molecule has 1 aliphatic rings. The molecule has 3 heteroatoms. The highest BCUT2D eigenvalue weighted by molar-refractivity contribution is 5.94. The molecule has 0 aromatic heterocycles. The molecule has 1 heterocycles. The van der Waals surface area contributed by atoms with Crippen molar-refractivity contribution in [3.05, 3.63) is 11.1 Å². The van der Waals surface area contributed by atoms with E-state index < -0.39 is 0 Å². The van der Waals surface area contributed by atoms with Crippen LogP contribution in [0.15, 0.2) is 11.1 Å². The van der Waals surface area contributed by atoms with E-state index in [0.29, 0.717) is 12.0 Å². The van der Waals surface area contributed by atoms with Crippen molar-refractivity contribution >= 4 is 5.91 Å². The maximum atomic E-state index is 11.9. The predicted octanol–water partition coefficient (Wildman–Crippen LogP) is 1.46. The first kappa shape index (κ1) is 12.2. The highest BCUT2D eigenvalue weighted by atomic mass is 16.1. The van der Waals surface area contributed by atoms with Crippen LogP contribution >= 0.6 is 0 Å².